The number of amides is 1. The van der Waals surface area contributed by atoms with E-state index in [-0.39, 0.29) is 10.1 Å². The van der Waals surface area contributed by atoms with Crippen LogP contribution < -0.4 is 0 Å². The molecule has 1 rings (SSSR count). The molecule has 120 valence electrons. The van der Waals surface area contributed by atoms with Crippen LogP contribution in [0.3, 0.4) is 0 Å². The van der Waals surface area contributed by atoms with Crippen LogP contribution in [0.5, 0.6) is 0 Å². The summed E-state index contributed by atoms with van der Waals surface area (Å²) in [5.41, 5.74) is 0.873. The molecule has 0 aliphatic rings. The highest BCUT2D eigenvalue weighted by atomic mass is 35.7. The summed E-state index contributed by atoms with van der Waals surface area (Å²) in [5, 5.41) is 1.58. The van der Waals surface area contributed by atoms with Gasteiger partial charge in [0, 0.05) is 29.2 Å². The number of halogens is 1. The molecule has 4 nitrogen and oxygen atoms in total. The highest BCUT2D eigenvalue weighted by Crippen LogP contribution is 2.30. The number of carbonyl (C=O) groups is 1. The van der Waals surface area contributed by atoms with Crippen LogP contribution in [0.1, 0.15) is 43.6 Å². The second-order valence-electron chi connectivity index (χ2n) is 6.00. The first kappa shape index (κ1) is 18.5. The zero-order valence-electron chi connectivity index (χ0n) is 13.0. The molecule has 0 unspecified atom stereocenters. The standard InChI is InChI=1S/C14H22ClNO3S2/c1-9(2)6-16(7-10(3)4)13(17)12-8-20-14(11(12)5)21(15,18)19/h8-10H,6-7H2,1-5H3. The third-order valence-corrected chi connectivity index (χ3v) is 6.21. The Hall–Kier alpha value is -0.590. The van der Waals surface area contributed by atoms with E-state index in [0.717, 1.165) is 11.3 Å². The Kier molecular flexibility index (Phi) is 6.25. The largest absolute Gasteiger partial charge is 0.338 e. The Morgan fingerprint density at radius 2 is 1.71 bits per heavy atom. The van der Waals surface area contributed by atoms with Crippen molar-refractivity contribution < 1.29 is 13.2 Å². The van der Waals surface area contributed by atoms with Gasteiger partial charge >= 0.3 is 0 Å². The zero-order chi connectivity index (χ0) is 16.4. The van der Waals surface area contributed by atoms with Gasteiger partial charge in [-0.15, -0.1) is 11.3 Å². The highest BCUT2D eigenvalue weighted by Gasteiger charge is 2.25. The maximum absolute atomic E-state index is 12.7. The fourth-order valence-electron chi connectivity index (χ4n) is 2.14. The number of nitrogens with zero attached hydrogens (tertiary/aromatic N) is 1. The maximum Gasteiger partial charge on any atom is 0.271 e. The summed E-state index contributed by atoms with van der Waals surface area (Å²) in [6.45, 7) is 11.1. The summed E-state index contributed by atoms with van der Waals surface area (Å²) in [5.74, 6) is 0.573. The molecule has 0 saturated carbocycles. The molecule has 1 aromatic rings. The van der Waals surface area contributed by atoms with Crippen LogP contribution in [0.15, 0.2) is 9.59 Å². The fourth-order valence-corrected chi connectivity index (χ4v) is 4.69. The predicted molar refractivity (Wildman–Crippen MR) is 87.7 cm³/mol. The van der Waals surface area contributed by atoms with E-state index in [1.165, 1.54) is 0 Å². The average Bonchev–Trinajstić information content (AvgIpc) is 2.67. The van der Waals surface area contributed by atoms with Crippen molar-refractivity contribution in [2.24, 2.45) is 11.8 Å². The topological polar surface area (TPSA) is 54.5 Å². The van der Waals surface area contributed by atoms with Crippen molar-refractivity contribution in [3.8, 4) is 0 Å². The summed E-state index contributed by atoms with van der Waals surface area (Å²) in [6.07, 6.45) is 0. The van der Waals surface area contributed by atoms with E-state index in [1.807, 2.05) is 0 Å². The van der Waals surface area contributed by atoms with E-state index in [9.17, 15) is 13.2 Å². The molecule has 0 fully saturated rings. The van der Waals surface area contributed by atoms with Gasteiger partial charge in [0.05, 0.1) is 5.56 Å². The molecule has 0 atom stereocenters. The summed E-state index contributed by atoms with van der Waals surface area (Å²) in [6, 6.07) is 0. The van der Waals surface area contributed by atoms with E-state index in [0.29, 0.717) is 36.1 Å². The fraction of sp³-hybridized carbons (Fsp3) is 0.643. The van der Waals surface area contributed by atoms with Crippen molar-refractivity contribution in [2.45, 2.75) is 38.8 Å². The Bertz CT molecular complexity index is 596. The number of hydrogen-bond donors (Lipinski definition) is 0. The van der Waals surface area contributed by atoms with E-state index in [1.54, 1.807) is 17.2 Å². The van der Waals surface area contributed by atoms with Gasteiger partial charge in [0.2, 0.25) is 0 Å². The molecule has 0 aliphatic carbocycles. The van der Waals surface area contributed by atoms with Crippen LogP contribution in [0.25, 0.3) is 0 Å². The lowest BCUT2D eigenvalue weighted by Crippen LogP contribution is -2.37. The van der Waals surface area contributed by atoms with Gasteiger partial charge < -0.3 is 4.90 Å². The SMILES string of the molecule is Cc1c(C(=O)N(CC(C)C)CC(C)C)csc1S(=O)(=O)Cl. The van der Waals surface area contributed by atoms with Gasteiger partial charge in [-0.05, 0) is 24.3 Å². The van der Waals surface area contributed by atoms with Crippen molar-refractivity contribution in [1.29, 1.82) is 0 Å². The molecular formula is C14H22ClNO3S2. The van der Waals surface area contributed by atoms with Crippen molar-refractivity contribution in [3.63, 3.8) is 0 Å². The highest BCUT2D eigenvalue weighted by molar-refractivity contribution is 8.15. The first-order valence-electron chi connectivity index (χ1n) is 6.86. The van der Waals surface area contributed by atoms with E-state index in [4.69, 9.17) is 10.7 Å². The number of carbonyl (C=O) groups excluding carboxylic acids is 1. The lowest BCUT2D eigenvalue weighted by molar-refractivity contribution is 0.0715. The molecule has 1 amide bonds. The second kappa shape index (κ2) is 7.11. The Balaban J connectivity index is 3.12. The van der Waals surface area contributed by atoms with Gasteiger partial charge in [-0.1, -0.05) is 27.7 Å². The van der Waals surface area contributed by atoms with Gasteiger partial charge in [-0.25, -0.2) is 8.42 Å². The molecule has 0 bridgehead atoms. The normalized spacial score (nSPS) is 12.2. The minimum absolute atomic E-state index is 0.0570. The van der Waals surface area contributed by atoms with Gasteiger partial charge in [0.1, 0.15) is 4.21 Å². The lowest BCUT2D eigenvalue weighted by Gasteiger charge is -2.26. The monoisotopic (exact) mass is 351 g/mol. The van der Waals surface area contributed by atoms with Crippen molar-refractivity contribution >= 4 is 37.0 Å². The van der Waals surface area contributed by atoms with E-state index >= 15 is 0 Å². The molecule has 0 aromatic carbocycles. The number of hydrogen-bond acceptors (Lipinski definition) is 4. The van der Waals surface area contributed by atoms with Crippen LogP contribution >= 0.6 is 22.0 Å². The number of thiophene rings is 1. The molecule has 0 N–H and O–H groups in total. The van der Waals surface area contributed by atoms with Crippen molar-refractivity contribution in [3.05, 3.63) is 16.5 Å². The van der Waals surface area contributed by atoms with Crippen molar-refractivity contribution in [2.75, 3.05) is 13.1 Å². The van der Waals surface area contributed by atoms with Gasteiger partial charge in [0.15, 0.2) is 0 Å². The first-order chi connectivity index (χ1) is 9.54. The zero-order valence-corrected chi connectivity index (χ0v) is 15.4. The van der Waals surface area contributed by atoms with Crippen LogP contribution in [-0.4, -0.2) is 32.3 Å². The van der Waals surface area contributed by atoms with E-state index < -0.39 is 9.05 Å². The molecule has 1 heterocycles. The van der Waals surface area contributed by atoms with Crippen LogP contribution in [-0.2, 0) is 9.05 Å². The number of rotatable bonds is 6. The predicted octanol–water partition coefficient (Wildman–Crippen LogP) is 3.74. The summed E-state index contributed by atoms with van der Waals surface area (Å²) < 4.78 is 23.0. The molecule has 0 saturated heterocycles. The smallest absolute Gasteiger partial charge is 0.271 e. The van der Waals surface area contributed by atoms with Gasteiger partial charge in [-0.2, -0.15) is 0 Å². The average molecular weight is 352 g/mol. The molecule has 7 heteroatoms. The Morgan fingerprint density at radius 3 is 2.05 bits per heavy atom. The quantitative estimate of drug-likeness (QED) is 0.733. The first-order valence-corrected chi connectivity index (χ1v) is 10.0. The molecule has 0 aliphatic heterocycles. The van der Waals surface area contributed by atoms with E-state index in [2.05, 4.69) is 27.7 Å². The molecule has 21 heavy (non-hydrogen) atoms. The van der Waals surface area contributed by atoms with Gasteiger partial charge in [0.25, 0.3) is 15.0 Å². The summed E-state index contributed by atoms with van der Waals surface area (Å²) in [7, 11) is 1.59. The molecule has 0 spiro atoms. The van der Waals surface area contributed by atoms with Crippen LogP contribution in [0.2, 0.25) is 0 Å². The Labute approximate surface area is 135 Å². The minimum Gasteiger partial charge on any atom is -0.338 e. The summed E-state index contributed by atoms with van der Waals surface area (Å²) in [4.78, 5) is 14.5. The van der Waals surface area contributed by atoms with Gasteiger partial charge in [-0.3, -0.25) is 4.79 Å². The molecule has 0 radical (unpaired) electrons. The van der Waals surface area contributed by atoms with Crippen molar-refractivity contribution in [1.82, 2.24) is 4.90 Å². The third kappa shape index (κ3) is 4.97. The van der Waals surface area contributed by atoms with Crippen LogP contribution in [0, 0.1) is 18.8 Å². The molecule has 1 aromatic heterocycles. The summed E-state index contributed by atoms with van der Waals surface area (Å²) >= 11 is 0.999. The third-order valence-electron chi connectivity index (χ3n) is 2.90. The minimum atomic E-state index is -3.80. The molecular weight excluding hydrogens is 330 g/mol. The second-order valence-corrected chi connectivity index (χ2v) is 9.64. The lowest BCUT2D eigenvalue weighted by atomic mass is 10.1. The van der Waals surface area contributed by atoms with Crippen LogP contribution in [0.4, 0.5) is 0 Å². The Morgan fingerprint density at radius 1 is 1.24 bits per heavy atom. The maximum atomic E-state index is 12.7.